The summed E-state index contributed by atoms with van der Waals surface area (Å²) < 4.78 is 5.57. The Morgan fingerprint density at radius 1 is 0.882 bits per heavy atom. The summed E-state index contributed by atoms with van der Waals surface area (Å²) >= 11 is 6.18. The summed E-state index contributed by atoms with van der Waals surface area (Å²) in [5.41, 5.74) is 3.65. The van der Waals surface area contributed by atoms with Gasteiger partial charge in [0.2, 0.25) is 0 Å². The molecule has 0 aromatic heterocycles. The zero-order valence-electron chi connectivity index (χ0n) is 18.8. The number of amides is 2. The number of hydrogen-bond donors (Lipinski definition) is 1. The van der Waals surface area contributed by atoms with E-state index >= 15 is 0 Å². The van der Waals surface area contributed by atoms with Crippen molar-refractivity contribution in [3.63, 3.8) is 0 Å². The number of carbonyl (C=O) groups excluding carboxylic acids is 3. The average molecular weight is 475 g/mol. The molecule has 4 rings (SSSR count). The van der Waals surface area contributed by atoms with Crippen LogP contribution in [0.25, 0.3) is 0 Å². The van der Waals surface area contributed by atoms with Gasteiger partial charge in [-0.1, -0.05) is 60.1 Å². The minimum absolute atomic E-state index is 0.0191. The van der Waals surface area contributed by atoms with Crippen molar-refractivity contribution in [3.8, 4) is 5.75 Å². The molecule has 0 bridgehead atoms. The maximum Gasteiger partial charge on any atom is 0.343 e. The van der Waals surface area contributed by atoms with Crippen molar-refractivity contribution in [1.82, 2.24) is 4.90 Å². The number of nitrogens with zero attached hydrogens (tertiary/aromatic N) is 1. The van der Waals surface area contributed by atoms with Gasteiger partial charge < -0.3 is 10.1 Å². The number of carbonyl (C=O) groups is 3. The SMILES string of the molecule is Cc1cccc(C)c1OC(=O)c1ccc(NC2=C(Cl)C(=O)N(CCc3ccccc3)C2=O)cc1. The molecule has 0 fully saturated rings. The first kappa shape index (κ1) is 23.3. The van der Waals surface area contributed by atoms with Crippen molar-refractivity contribution < 1.29 is 19.1 Å². The summed E-state index contributed by atoms with van der Waals surface area (Å²) in [5, 5.41) is 2.76. The molecule has 1 heterocycles. The van der Waals surface area contributed by atoms with Gasteiger partial charge in [-0.2, -0.15) is 0 Å². The fourth-order valence-electron chi connectivity index (χ4n) is 3.69. The van der Waals surface area contributed by atoms with Gasteiger partial charge in [-0.25, -0.2) is 4.79 Å². The van der Waals surface area contributed by atoms with E-state index in [1.807, 2.05) is 62.4 Å². The van der Waals surface area contributed by atoms with Crippen LogP contribution in [0.2, 0.25) is 0 Å². The molecule has 0 spiro atoms. The molecule has 7 heteroatoms. The first-order valence-electron chi connectivity index (χ1n) is 10.8. The zero-order chi connectivity index (χ0) is 24.2. The highest BCUT2D eigenvalue weighted by molar-refractivity contribution is 6.48. The molecule has 1 aliphatic heterocycles. The van der Waals surface area contributed by atoms with E-state index in [0.29, 0.717) is 23.4 Å². The Hall–Kier alpha value is -3.90. The Morgan fingerprint density at radius 3 is 2.18 bits per heavy atom. The maximum absolute atomic E-state index is 12.8. The van der Waals surface area contributed by atoms with Crippen LogP contribution in [0.4, 0.5) is 5.69 Å². The lowest BCUT2D eigenvalue weighted by atomic mass is 10.1. The molecular formula is C27H23ClN2O4. The van der Waals surface area contributed by atoms with Crippen molar-refractivity contribution in [1.29, 1.82) is 0 Å². The van der Waals surface area contributed by atoms with Gasteiger partial charge in [0.25, 0.3) is 11.8 Å². The minimum Gasteiger partial charge on any atom is -0.422 e. The number of hydrogen-bond acceptors (Lipinski definition) is 5. The van der Waals surface area contributed by atoms with Crippen LogP contribution in [-0.4, -0.2) is 29.2 Å². The number of halogens is 1. The van der Waals surface area contributed by atoms with E-state index in [2.05, 4.69) is 5.32 Å². The molecule has 2 amide bonds. The Labute approximate surface area is 202 Å². The van der Waals surface area contributed by atoms with Gasteiger partial charge in [-0.05, 0) is 61.2 Å². The molecule has 172 valence electrons. The van der Waals surface area contributed by atoms with Gasteiger partial charge in [0.15, 0.2) is 0 Å². The number of esters is 1. The number of nitrogens with one attached hydrogen (secondary N) is 1. The highest BCUT2D eigenvalue weighted by atomic mass is 35.5. The normalized spacial score (nSPS) is 13.4. The first-order chi connectivity index (χ1) is 16.3. The van der Waals surface area contributed by atoms with Gasteiger partial charge in [-0.3, -0.25) is 14.5 Å². The van der Waals surface area contributed by atoms with E-state index in [0.717, 1.165) is 21.6 Å². The highest BCUT2D eigenvalue weighted by Gasteiger charge is 2.37. The third kappa shape index (κ3) is 4.87. The number of anilines is 1. The molecule has 1 aliphatic rings. The molecule has 0 saturated heterocycles. The molecular weight excluding hydrogens is 452 g/mol. The fraction of sp³-hybridized carbons (Fsp3) is 0.148. The Bertz CT molecular complexity index is 1260. The number of aryl methyl sites for hydroxylation is 2. The fourth-order valence-corrected chi connectivity index (χ4v) is 3.92. The Balaban J connectivity index is 1.42. The first-order valence-corrected chi connectivity index (χ1v) is 11.2. The van der Waals surface area contributed by atoms with Crippen molar-refractivity contribution in [2.75, 3.05) is 11.9 Å². The molecule has 0 aliphatic carbocycles. The second kappa shape index (κ2) is 9.93. The lowest BCUT2D eigenvalue weighted by Gasteiger charge is -2.15. The van der Waals surface area contributed by atoms with Gasteiger partial charge in [0, 0.05) is 12.2 Å². The molecule has 3 aromatic carbocycles. The van der Waals surface area contributed by atoms with Gasteiger partial charge in [0.1, 0.15) is 16.5 Å². The summed E-state index contributed by atoms with van der Waals surface area (Å²) in [6, 6.07) is 21.7. The number of para-hydroxylation sites is 1. The molecule has 3 aromatic rings. The third-order valence-corrected chi connectivity index (χ3v) is 5.92. The van der Waals surface area contributed by atoms with Crippen LogP contribution >= 0.6 is 11.6 Å². The van der Waals surface area contributed by atoms with Crippen molar-refractivity contribution >= 4 is 35.1 Å². The molecule has 1 N–H and O–H groups in total. The van der Waals surface area contributed by atoms with Crippen LogP contribution in [-0.2, 0) is 16.0 Å². The monoisotopic (exact) mass is 474 g/mol. The number of rotatable bonds is 7. The van der Waals surface area contributed by atoms with Crippen molar-refractivity contribution in [3.05, 3.63) is 106 Å². The topological polar surface area (TPSA) is 75.7 Å². The average Bonchev–Trinajstić information content (AvgIpc) is 3.04. The second-order valence-electron chi connectivity index (χ2n) is 8.00. The standard InChI is InChI=1S/C27H23ClN2O4/c1-17-7-6-8-18(2)24(17)34-27(33)20-11-13-21(14-12-20)29-23-22(28)25(31)30(26(23)32)16-15-19-9-4-3-5-10-19/h3-14,29H,15-16H2,1-2H3. The summed E-state index contributed by atoms with van der Waals surface area (Å²) in [4.78, 5) is 39.1. The quantitative estimate of drug-likeness (QED) is 0.296. The number of ether oxygens (including phenoxy) is 1. The maximum atomic E-state index is 12.8. The van der Waals surface area contributed by atoms with E-state index < -0.39 is 17.8 Å². The van der Waals surface area contributed by atoms with E-state index in [4.69, 9.17) is 16.3 Å². The van der Waals surface area contributed by atoms with Gasteiger partial charge >= 0.3 is 5.97 Å². The second-order valence-corrected chi connectivity index (χ2v) is 8.38. The predicted molar refractivity (Wildman–Crippen MR) is 131 cm³/mol. The smallest absolute Gasteiger partial charge is 0.343 e. The van der Waals surface area contributed by atoms with E-state index in [1.54, 1.807) is 24.3 Å². The molecule has 0 unspecified atom stereocenters. The lowest BCUT2D eigenvalue weighted by molar-refractivity contribution is -0.137. The predicted octanol–water partition coefficient (Wildman–Crippen LogP) is 5.00. The largest absolute Gasteiger partial charge is 0.422 e. The summed E-state index contributed by atoms with van der Waals surface area (Å²) in [5.74, 6) is -0.957. The lowest BCUT2D eigenvalue weighted by Crippen LogP contribution is -2.34. The molecule has 0 radical (unpaired) electrons. The van der Waals surface area contributed by atoms with E-state index in [9.17, 15) is 14.4 Å². The number of benzene rings is 3. The van der Waals surface area contributed by atoms with Gasteiger partial charge in [0.05, 0.1) is 5.56 Å². The third-order valence-electron chi connectivity index (χ3n) is 5.57. The van der Waals surface area contributed by atoms with Crippen LogP contribution in [0.15, 0.2) is 83.5 Å². The summed E-state index contributed by atoms with van der Waals surface area (Å²) in [6.45, 7) is 3.98. The number of imide groups is 1. The van der Waals surface area contributed by atoms with Crippen molar-refractivity contribution in [2.45, 2.75) is 20.3 Å². The Kier molecular flexibility index (Phi) is 6.80. The van der Waals surface area contributed by atoms with Crippen LogP contribution in [0.5, 0.6) is 5.75 Å². The van der Waals surface area contributed by atoms with Crippen molar-refractivity contribution in [2.24, 2.45) is 0 Å². The van der Waals surface area contributed by atoms with E-state index in [-0.39, 0.29) is 17.3 Å². The molecule has 0 saturated carbocycles. The summed E-state index contributed by atoms with van der Waals surface area (Å²) in [7, 11) is 0. The summed E-state index contributed by atoms with van der Waals surface area (Å²) in [6.07, 6.45) is 0.535. The van der Waals surface area contributed by atoms with E-state index in [1.165, 1.54) is 0 Å². The minimum atomic E-state index is -0.529. The van der Waals surface area contributed by atoms with Crippen LogP contribution in [0.1, 0.15) is 27.0 Å². The van der Waals surface area contributed by atoms with Crippen LogP contribution < -0.4 is 10.1 Å². The zero-order valence-corrected chi connectivity index (χ0v) is 19.6. The van der Waals surface area contributed by atoms with Crippen LogP contribution in [0.3, 0.4) is 0 Å². The van der Waals surface area contributed by atoms with Gasteiger partial charge in [-0.15, -0.1) is 0 Å². The molecule has 34 heavy (non-hydrogen) atoms. The van der Waals surface area contributed by atoms with Crippen LogP contribution in [0, 0.1) is 13.8 Å². The Morgan fingerprint density at radius 2 is 1.53 bits per heavy atom. The highest BCUT2D eigenvalue weighted by Crippen LogP contribution is 2.27. The molecule has 6 nitrogen and oxygen atoms in total. The molecule has 0 atom stereocenters.